The topological polar surface area (TPSA) is 71.3 Å². The number of oxazole rings is 1. The maximum absolute atomic E-state index is 12.1. The van der Waals surface area contributed by atoms with Gasteiger partial charge in [-0.15, -0.1) is 22.7 Å². The number of nitrogens with zero attached hydrogens (tertiary/aromatic N) is 3. The van der Waals surface area contributed by atoms with Crippen LogP contribution in [0.1, 0.15) is 16.4 Å². The summed E-state index contributed by atoms with van der Waals surface area (Å²) in [6, 6.07) is 3.72. The summed E-state index contributed by atoms with van der Waals surface area (Å²) in [5.41, 5.74) is 1.59. The zero-order valence-electron chi connectivity index (χ0n) is 12.8. The standard InChI is InChI=1S/C15H16N4O2S2/c1-10-17-12(9-23-10)7-19(2)15(20)16-6-11-8-21-14(18-11)13-4-3-5-22-13/h3-5,8-9H,6-7H2,1-2H3,(H,16,20). The van der Waals surface area contributed by atoms with E-state index in [-0.39, 0.29) is 6.03 Å². The van der Waals surface area contributed by atoms with Crippen LogP contribution in [0.15, 0.2) is 33.6 Å². The first kappa shape index (κ1) is 15.7. The maximum Gasteiger partial charge on any atom is 0.317 e. The van der Waals surface area contributed by atoms with Gasteiger partial charge in [-0.1, -0.05) is 6.07 Å². The molecular weight excluding hydrogens is 332 g/mol. The third kappa shape index (κ3) is 3.96. The summed E-state index contributed by atoms with van der Waals surface area (Å²) in [6.07, 6.45) is 1.57. The van der Waals surface area contributed by atoms with E-state index in [1.165, 1.54) is 0 Å². The maximum atomic E-state index is 12.1. The second kappa shape index (κ2) is 6.93. The van der Waals surface area contributed by atoms with E-state index in [2.05, 4.69) is 15.3 Å². The molecule has 0 unspecified atom stereocenters. The van der Waals surface area contributed by atoms with Gasteiger partial charge in [-0.05, 0) is 18.4 Å². The van der Waals surface area contributed by atoms with Crippen molar-refractivity contribution in [1.82, 2.24) is 20.2 Å². The number of aryl methyl sites for hydroxylation is 1. The summed E-state index contributed by atoms with van der Waals surface area (Å²) >= 11 is 3.14. The molecule has 120 valence electrons. The summed E-state index contributed by atoms with van der Waals surface area (Å²) < 4.78 is 5.43. The lowest BCUT2D eigenvalue weighted by Gasteiger charge is -2.16. The van der Waals surface area contributed by atoms with E-state index in [9.17, 15) is 4.79 Å². The highest BCUT2D eigenvalue weighted by molar-refractivity contribution is 7.13. The predicted octanol–water partition coefficient (Wildman–Crippen LogP) is 3.51. The molecule has 2 amide bonds. The monoisotopic (exact) mass is 348 g/mol. The first-order valence-corrected chi connectivity index (χ1v) is 8.76. The number of hydrogen-bond acceptors (Lipinski definition) is 6. The Morgan fingerprint density at radius 3 is 2.91 bits per heavy atom. The van der Waals surface area contributed by atoms with E-state index in [1.807, 2.05) is 29.8 Å². The molecule has 3 heterocycles. The molecule has 23 heavy (non-hydrogen) atoms. The van der Waals surface area contributed by atoms with Crippen molar-refractivity contribution in [2.45, 2.75) is 20.0 Å². The second-order valence-corrected chi connectivity index (χ2v) is 7.00. The van der Waals surface area contributed by atoms with Crippen LogP contribution in [0.25, 0.3) is 10.8 Å². The van der Waals surface area contributed by atoms with E-state index in [4.69, 9.17) is 4.42 Å². The fraction of sp³-hybridized carbons (Fsp3) is 0.267. The fourth-order valence-corrected chi connectivity index (χ4v) is 3.26. The summed E-state index contributed by atoms with van der Waals surface area (Å²) in [4.78, 5) is 23.4. The van der Waals surface area contributed by atoms with Crippen LogP contribution in [0.3, 0.4) is 0 Å². The molecule has 0 aromatic carbocycles. The molecule has 0 saturated carbocycles. The van der Waals surface area contributed by atoms with Gasteiger partial charge in [0.15, 0.2) is 0 Å². The number of rotatable bonds is 5. The highest BCUT2D eigenvalue weighted by Gasteiger charge is 2.12. The third-order valence-electron chi connectivity index (χ3n) is 3.12. The number of hydrogen-bond donors (Lipinski definition) is 1. The van der Waals surface area contributed by atoms with E-state index in [0.717, 1.165) is 15.6 Å². The Balaban J connectivity index is 1.52. The number of aromatic nitrogens is 2. The Bertz CT molecular complexity index is 779. The van der Waals surface area contributed by atoms with Crippen molar-refractivity contribution in [1.29, 1.82) is 0 Å². The number of urea groups is 1. The largest absolute Gasteiger partial charge is 0.443 e. The average Bonchev–Trinajstić information content (AvgIpc) is 3.26. The van der Waals surface area contributed by atoms with Crippen molar-refractivity contribution in [2.75, 3.05) is 7.05 Å². The highest BCUT2D eigenvalue weighted by atomic mass is 32.1. The average molecular weight is 348 g/mol. The summed E-state index contributed by atoms with van der Waals surface area (Å²) in [7, 11) is 1.74. The number of amides is 2. The molecule has 1 N–H and O–H groups in total. The molecule has 8 heteroatoms. The van der Waals surface area contributed by atoms with Crippen molar-refractivity contribution in [3.8, 4) is 10.8 Å². The molecule has 0 aliphatic carbocycles. The van der Waals surface area contributed by atoms with Crippen LogP contribution in [-0.4, -0.2) is 27.9 Å². The lowest BCUT2D eigenvalue weighted by atomic mass is 10.4. The molecular formula is C15H16N4O2S2. The predicted molar refractivity (Wildman–Crippen MR) is 90.4 cm³/mol. The number of carbonyl (C=O) groups excluding carboxylic acids is 1. The van der Waals surface area contributed by atoms with Gasteiger partial charge in [0.25, 0.3) is 0 Å². The molecule has 3 aromatic heterocycles. The molecule has 0 bridgehead atoms. The van der Waals surface area contributed by atoms with Gasteiger partial charge in [-0.25, -0.2) is 14.8 Å². The van der Waals surface area contributed by atoms with Crippen LogP contribution in [0.4, 0.5) is 4.79 Å². The highest BCUT2D eigenvalue weighted by Crippen LogP contribution is 2.23. The molecule has 0 aliphatic heterocycles. The van der Waals surface area contributed by atoms with Crippen molar-refractivity contribution in [2.24, 2.45) is 0 Å². The first-order chi connectivity index (χ1) is 11.1. The molecule has 0 atom stereocenters. The van der Waals surface area contributed by atoms with Crippen LogP contribution in [0.2, 0.25) is 0 Å². The molecule has 0 radical (unpaired) electrons. The minimum Gasteiger partial charge on any atom is -0.443 e. The summed E-state index contributed by atoms with van der Waals surface area (Å²) in [5, 5.41) is 7.76. The summed E-state index contributed by atoms with van der Waals surface area (Å²) in [6.45, 7) is 2.76. The molecule has 0 saturated heterocycles. The molecule has 6 nitrogen and oxygen atoms in total. The lowest BCUT2D eigenvalue weighted by Crippen LogP contribution is -2.36. The van der Waals surface area contributed by atoms with Crippen molar-refractivity contribution in [3.05, 3.63) is 45.6 Å². The van der Waals surface area contributed by atoms with Gasteiger partial charge in [-0.3, -0.25) is 0 Å². The fourth-order valence-electron chi connectivity index (χ4n) is 2.00. The number of thiophene rings is 1. The number of thiazole rings is 1. The van der Waals surface area contributed by atoms with Gasteiger partial charge in [0.2, 0.25) is 5.89 Å². The zero-order chi connectivity index (χ0) is 16.2. The minimum absolute atomic E-state index is 0.170. The van der Waals surface area contributed by atoms with Crippen molar-refractivity contribution >= 4 is 28.7 Å². The number of nitrogens with one attached hydrogen (secondary N) is 1. The molecule has 0 spiro atoms. The van der Waals surface area contributed by atoms with Crippen LogP contribution < -0.4 is 5.32 Å². The SMILES string of the molecule is Cc1nc(CN(C)C(=O)NCc2coc(-c3cccs3)n2)cs1. The molecule has 0 fully saturated rings. The third-order valence-corrected chi connectivity index (χ3v) is 4.80. The molecule has 3 aromatic rings. The molecule has 0 aliphatic rings. The van der Waals surface area contributed by atoms with Crippen molar-refractivity contribution < 1.29 is 9.21 Å². The lowest BCUT2D eigenvalue weighted by molar-refractivity contribution is 0.206. The van der Waals surface area contributed by atoms with Crippen molar-refractivity contribution in [3.63, 3.8) is 0 Å². The van der Waals surface area contributed by atoms with E-state index < -0.39 is 0 Å². The van der Waals surface area contributed by atoms with Crippen LogP contribution in [0.5, 0.6) is 0 Å². The van der Waals surface area contributed by atoms with Gasteiger partial charge >= 0.3 is 6.03 Å². The second-order valence-electron chi connectivity index (χ2n) is 4.99. The van der Waals surface area contributed by atoms with Crippen LogP contribution in [-0.2, 0) is 13.1 Å². The Morgan fingerprint density at radius 1 is 1.35 bits per heavy atom. The Labute approximate surface area is 141 Å². The minimum atomic E-state index is -0.170. The van der Waals surface area contributed by atoms with Gasteiger partial charge < -0.3 is 14.6 Å². The molecule has 3 rings (SSSR count). The van der Waals surface area contributed by atoms with E-state index >= 15 is 0 Å². The van der Waals surface area contributed by atoms with Crippen LogP contribution in [0, 0.1) is 6.92 Å². The van der Waals surface area contributed by atoms with Gasteiger partial charge in [0.05, 0.1) is 34.4 Å². The van der Waals surface area contributed by atoms with Gasteiger partial charge in [0, 0.05) is 12.4 Å². The normalized spacial score (nSPS) is 10.7. The Morgan fingerprint density at radius 2 is 2.22 bits per heavy atom. The summed E-state index contributed by atoms with van der Waals surface area (Å²) in [5.74, 6) is 0.579. The first-order valence-electron chi connectivity index (χ1n) is 7.00. The van der Waals surface area contributed by atoms with Gasteiger partial charge in [-0.2, -0.15) is 0 Å². The number of carbonyl (C=O) groups is 1. The van der Waals surface area contributed by atoms with Gasteiger partial charge in [0.1, 0.15) is 6.26 Å². The van der Waals surface area contributed by atoms with E-state index in [0.29, 0.717) is 24.7 Å². The Hall–Kier alpha value is -2.19. The van der Waals surface area contributed by atoms with E-state index in [1.54, 1.807) is 40.9 Å². The van der Waals surface area contributed by atoms with Crippen LogP contribution >= 0.6 is 22.7 Å². The zero-order valence-corrected chi connectivity index (χ0v) is 14.4. The quantitative estimate of drug-likeness (QED) is 0.766. The smallest absolute Gasteiger partial charge is 0.317 e. The Kier molecular flexibility index (Phi) is 4.73.